The van der Waals surface area contributed by atoms with Crippen molar-refractivity contribution in [2.45, 2.75) is 0 Å². The lowest BCUT2D eigenvalue weighted by Gasteiger charge is -2.07. The zero-order valence-electron chi connectivity index (χ0n) is 10.7. The number of carbonyl (C=O) groups is 1. The van der Waals surface area contributed by atoms with E-state index in [1.165, 1.54) is 36.7 Å². The molecule has 0 aliphatic rings. The SMILES string of the molecule is O=C(O)c1ccc2c(Oc3cccc(F)c3)ncnc2c1. The lowest BCUT2D eigenvalue weighted by atomic mass is 10.1. The molecule has 0 aliphatic heterocycles. The van der Waals surface area contributed by atoms with E-state index in [-0.39, 0.29) is 11.4 Å². The van der Waals surface area contributed by atoms with Crippen LogP contribution in [0.3, 0.4) is 0 Å². The van der Waals surface area contributed by atoms with E-state index >= 15 is 0 Å². The second-order valence-corrected chi connectivity index (χ2v) is 4.28. The zero-order chi connectivity index (χ0) is 14.8. The molecule has 0 aliphatic carbocycles. The summed E-state index contributed by atoms with van der Waals surface area (Å²) in [6, 6.07) is 10.1. The van der Waals surface area contributed by atoms with Crippen LogP contribution in [0.2, 0.25) is 0 Å². The number of carboxylic acid groups (broad SMARTS) is 1. The molecule has 0 amide bonds. The summed E-state index contributed by atoms with van der Waals surface area (Å²) in [7, 11) is 0. The third kappa shape index (κ3) is 2.64. The highest BCUT2D eigenvalue weighted by Crippen LogP contribution is 2.27. The second-order valence-electron chi connectivity index (χ2n) is 4.28. The van der Waals surface area contributed by atoms with E-state index in [2.05, 4.69) is 9.97 Å². The molecule has 0 fully saturated rings. The van der Waals surface area contributed by atoms with Gasteiger partial charge in [-0.15, -0.1) is 0 Å². The minimum atomic E-state index is -1.04. The maximum atomic E-state index is 13.1. The average molecular weight is 284 g/mol. The molecule has 0 unspecified atom stereocenters. The summed E-state index contributed by atoms with van der Waals surface area (Å²) >= 11 is 0. The number of fused-ring (bicyclic) bond motifs is 1. The molecular weight excluding hydrogens is 275 g/mol. The Kier molecular flexibility index (Phi) is 3.19. The minimum Gasteiger partial charge on any atom is -0.478 e. The van der Waals surface area contributed by atoms with Crippen LogP contribution in [-0.2, 0) is 0 Å². The standard InChI is InChI=1S/C15H9FN2O3/c16-10-2-1-3-11(7-10)21-14-12-5-4-9(15(19)20)6-13(12)17-8-18-14/h1-8H,(H,19,20). The fraction of sp³-hybridized carbons (Fsp3) is 0. The molecule has 0 spiro atoms. The first-order valence-electron chi connectivity index (χ1n) is 6.05. The molecule has 0 saturated carbocycles. The Morgan fingerprint density at radius 1 is 1.14 bits per heavy atom. The molecule has 5 nitrogen and oxygen atoms in total. The van der Waals surface area contributed by atoms with Crippen molar-refractivity contribution in [1.82, 2.24) is 9.97 Å². The highest BCUT2D eigenvalue weighted by molar-refractivity contribution is 5.94. The Morgan fingerprint density at radius 2 is 2.00 bits per heavy atom. The Morgan fingerprint density at radius 3 is 2.76 bits per heavy atom. The molecule has 21 heavy (non-hydrogen) atoms. The van der Waals surface area contributed by atoms with Gasteiger partial charge >= 0.3 is 5.97 Å². The Hall–Kier alpha value is -3.02. The van der Waals surface area contributed by atoms with Gasteiger partial charge in [0.2, 0.25) is 5.88 Å². The summed E-state index contributed by atoms with van der Waals surface area (Å²) in [5, 5.41) is 9.51. The molecule has 0 radical (unpaired) electrons. The largest absolute Gasteiger partial charge is 0.478 e. The molecule has 2 aromatic carbocycles. The normalized spacial score (nSPS) is 10.5. The van der Waals surface area contributed by atoms with Gasteiger partial charge in [0.15, 0.2) is 0 Å². The molecule has 0 saturated heterocycles. The van der Waals surface area contributed by atoms with E-state index in [9.17, 15) is 9.18 Å². The summed E-state index contributed by atoms with van der Waals surface area (Å²) in [6.07, 6.45) is 1.27. The minimum absolute atomic E-state index is 0.123. The Bertz CT molecular complexity index is 836. The highest BCUT2D eigenvalue weighted by Gasteiger charge is 2.10. The molecule has 6 heteroatoms. The lowest BCUT2D eigenvalue weighted by Crippen LogP contribution is -1.97. The molecular formula is C15H9FN2O3. The molecule has 0 bridgehead atoms. The van der Waals surface area contributed by atoms with Gasteiger partial charge in [-0.2, -0.15) is 0 Å². The number of nitrogens with zero attached hydrogens (tertiary/aromatic N) is 2. The predicted molar refractivity (Wildman–Crippen MR) is 73.0 cm³/mol. The fourth-order valence-electron chi connectivity index (χ4n) is 1.89. The molecule has 3 aromatic rings. The number of carboxylic acids is 1. The summed E-state index contributed by atoms with van der Waals surface area (Å²) in [6.45, 7) is 0. The van der Waals surface area contributed by atoms with Crippen LogP contribution in [0.5, 0.6) is 11.6 Å². The van der Waals surface area contributed by atoms with Crippen LogP contribution >= 0.6 is 0 Å². The van der Waals surface area contributed by atoms with Crippen molar-refractivity contribution in [3.05, 3.63) is 60.2 Å². The van der Waals surface area contributed by atoms with Crippen molar-refractivity contribution in [2.24, 2.45) is 0 Å². The molecule has 1 N–H and O–H groups in total. The average Bonchev–Trinajstić information content (AvgIpc) is 2.47. The van der Waals surface area contributed by atoms with E-state index in [0.717, 1.165) is 0 Å². The van der Waals surface area contributed by atoms with E-state index in [4.69, 9.17) is 9.84 Å². The highest BCUT2D eigenvalue weighted by atomic mass is 19.1. The number of aromatic nitrogens is 2. The van der Waals surface area contributed by atoms with Gasteiger partial charge in [-0.1, -0.05) is 6.07 Å². The fourth-order valence-corrected chi connectivity index (χ4v) is 1.89. The first-order chi connectivity index (χ1) is 10.1. The smallest absolute Gasteiger partial charge is 0.335 e. The zero-order valence-corrected chi connectivity index (χ0v) is 10.7. The quantitative estimate of drug-likeness (QED) is 0.799. The first kappa shape index (κ1) is 13.0. The molecule has 3 rings (SSSR count). The number of hydrogen-bond donors (Lipinski definition) is 1. The van der Waals surface area contributed by atoms with Crippen molar-refractivity contribution in [1.29, 1.82) is 0 Å². The van der Waals surface area contributed by atoms with Gasteiger partial charge in [-0.3, -0.25) is 0 Å². The van der Waals surface area contributed by atoms with Crippen LogP contribution in [0, 0.1) is 5.82 Å². The number of rotatable bonds is 3. The van der Waals surface area contributed by atoms with Crippen molar-refractivity contribution in [3.8, 4) is 11.6 Å². The lowest BCUT2D eigenvalue weighted by molar-refractivity contribution is 0.0697. The number of aromatic carboxylic acids is 1. The van der Waals surface area contributed by atoms with E-state index in [1.54, 1.807) is 12.1 Å². The number of ether oxygens (including phenoxy) is 1. The van der Waals surface area contributed by atoms with Gasteiger partial charge in [0.05, 0.1) is 16.5 Å². The number of hydrogen-bond acceptors (Lipinski definition) is 4. The van der Waals surface area contributed by atoms with Gasteiger partial charge in [-0.25, -0.2) is 19.2 Å². The molecule has 1 aromatic heterocycles. The van der Waals surface area contributed by atoms with Crippen LogP contribution in [0.1, 0.15) is 10.4 Å². The van der Waals surface area contributed by atoms with Crippen molar-refractivity contribution < 1.29 is 19.0 Å². The van der Waals surface area contributed by atoms with E-state index in [1.807, 2.05) is 0 Å². The third-order valence-corrected chi connectivity index (χ3v) is 2.86. The molecule has 104 valence electrons. The van der Waals surface area contributed by atoms with Crippen LogP contribution < -0.4 is 4.74 Å². The first-order valence-corrected chi connectivity index (χ1v) is 6.05. The van der Waals surface area contributed by atoms with Gasteiger partial charge in [0.1, 0.15) is 17.9 Å². The van der Waals surface area contributed by atoms with Crippen molar-refractivity contribution in [2.75, 3.05) is 0 Å². The van der Waals surface area contributed by atoms with Crippen LogP contribution in [0.15, 0.2) is 48.8 Å². The molecule has 0 atom stereocenters. The van der Waals surface area contributed by atoms with Crippen molar-refractivity contribution in [3.63, 3.8) is 0 Å². The Balaban J connectivity index is 2.05. The van der Waals surface area contributed by atoms with Crippen molar-refractivity contribution >= 4 is 16.9 Å². The van der Waals surface area contributed by atoms with Gasteiger partial charge < -0.3 is 9.84 Å². The van der Waals surface area contributed by atoms with Crippen LogP contribution in [-0.4, -0.2) is 21.0 Å². The topological polar surface area (TPSA) is 72.3 Å². The maximum absolute atomic E-state index is 13.1. The van der Waals surface area contributed by atoms with Crippen LogP contribution in [0.4, 0.5) is 4.39 Å². The monoisotopic (exact) mass is 284 g/mol. The van der Waals surface area contributed by atoms with E-state index < -0.39 is 11.8 Å². The Labute approximate surface area is 118 Å². The maximum Gasteiger partial charge on any atom is 0.335 e. The van der Waals surface area contributed by atoms with Gasteiger partial charge in [-0.05, 0) is 30.3 Å². The summed E-state index contributed by atoms with van der Waals surface area (Å²) in [4.78, 5) is 19.0. The number of benzene rings is 2. The third-order valence-electron chi connectivity index (χ3n) is 2.86. The van der Waals surface area contributed by atoms with Gasteiger partial charge in [0, 0.05) is 6.07 Å². The summed E-state index contributed by atoms with van der Waals surface area (Å²) in [5.41, 5.74) is 0.564. The molecule has 1 heterocycles. The number of halogens is 1. The summed E-state index contributed by atoms with van der Waals surface area (Å²) in [5.74, 6) is -0.915. The predicted octanol–water partition coefficient (Wildman–Crippen LogP) is 3.26. The second kappa shape index (κ2) is 5.16. The van der Waals surface area contributed by atoms with Gasteiger partial charge in [0.25, 0.3) is 0 Å². The van der Waals surface area contributed by atoms with Crippen LogP contribution in [0.25, 0.3) is 10.9 Å². The summed E-state index contributed by atoms with van der Waals surface area (Å²) < 4.78 is 18.7. The van der Waals surface area contributed by atoms with E-state index in [0.29, 0.717) is 16.7 Å².